The van der Waals surface area contributed by atoms with Crippen LogP contribution in [-0.4, -0.2) is 15.6 Å². The smallest absolute Gasteiger partial charge is 0.279 e. The molecule has 1 aliphatic heterocycles. The van der Waals surface area contributed by atoms with E-state index in [0.717, 1.165) is 27.0 Å². The summed E-state index contributed by atoms with van der Waals surface area (Å²) in [6.07, 6.45) is 0. The first-order valence-corrected chi connectivity index (χ1v) is 11.6. The molecule has 158 valence electrons. The molecular weight excluding hydrogens is 486 g/mol. The number of rotatable bonds is 3. The molecule has 1 N–H and O–H groups in total. The molecule has 0 unspecified atom stereocenters. The molecule has 32 heavy (non-hydrogen) atoms. The Morgan fingerprint density at radius 1 is 0.969 bits per heavy atom. The summed E-state index contributed by atoms with van der Waals surface area (Å²) < 4.78 is 2.51. The van der Waals surface area contributed by atoms with Crippen LogP contribution >= 0.6 is 27.3 Å². The van der Waals surface area contributed by atoms with Gasteiger partial charge in [-0.15, -0.1) is 0 Å². The predicted molar refractivity (Wildman–Crippen MR) is 129 cm³/mol. The highest BCUT2D eigenvalue weighted by atomic mass is 79.9. The molecule has 5 nitrogen and oxygen atoms in total. The molecule has 0 aliphatic carbocycles. The number of aromatic nitrogens is 1. The van der Waals surface area contributed by atoms with Crippen LogP contribution in [0.15, 0.2) is 81.2 Å². The summed E-state index contributed by atoms with van der Waals surface area (Å²) >= 11 is 4.74. The summed E-state index contributed by atoms with van der Waals surface area (Å²) in [4.78, 5) is 22.8. The van der Waals surface area contributed by atoms with Crippen LogP contribution in [0.5, 0.6) is 5.88 Å². The number of aryl methyl sites for hydroxylation is 2. The van der Waals surface area contributed by atoms with Crippen molar-refractivity contribution in [3.8, 4) is 11.6 Å². The van der Waals surface area contributed by atoms with Gasteiger partial charge in [0.05, 0.1) is 22.3 Å². The van der Waals surface area contributed by atoms with E-state index in [-0.39, 0.29) is 11.8 Å². The molecule has 0 bridgehead atoms. The third-order valence-corrected chi connectivity index (χ3v) is 6.78. The second-order valence-corrected chi connectivity index (χ2v) is 9.50. The van der Waals surface area contributed by atoms with E-state index in [4.69, 9.17) is 4.99 Å². The SMILES string of the molecule is Cc1ccc(N=c2sc(C3=c4cc(Br)ccc4=NC3=O)c(O)n2-c2ccc(C)cc2)cc1. The van der Waals surface area contributed by atoms with Gasteiger partial charge in [0.1, 0.15) is 4.88 Å². The Bertz CT molecular complexity index is 1560. The topological polar surface area (TPSA) is 66.9 Å². The fourth-order valence-electron chi connectivity index (χ4n) is 3.57. The van der Waals surface area contributed by atoms with Gasteiger partial charge in [-0.25, -0.2) is 9.98 Å². The predicted octanol–water partition coefficient (Wildman–Crippen LogP) is 4.21. The molecule has 0 spiro atoms. The number of fused-ring (bicyclic) bond motifs is 1. The van der Waals surface area contributed by atoms with Gasteiger partial charge in [0, 0.05) is 9.69 Å². The maximum atomic E-state index is 12.8. The Morgan fingerprint density at radius 3 is 2.31 bits per heavy atom. The number of carbonyl (C=O) groups is 1. The Kier molecular flexibility index (Phi) is 5.15. The molecule has 4 aromatic rings. The first-order valence-electron chi connectivity index (χ1n) is 9.97. The number of hydrogen-bond acceptors (Lipinski definition) is 4. The zero-order valence-electron chi connectivity index (χ0n) is 17.3. The van der Waals surface area contributed by atoms with E-state index in [9.17, 15) is 9.90 Å². The van der Waals surface area contributed by atoms with Gasteiger partial charge in [0.15, 0.2) is 4.80 Å². The van der Waals surface area contributed by atoms with Crippen LogP contribution in [0.1, 0.15) is 16.0 Å². The summed E-state index contributed by atoms with van der Waals surface area (Å²) in [6.45, 7) is 4.03. The van der Waals surface area contributed by atoms with Gasteiger partial charge < -0.3 is 5.11 Å². The fourth-order valence-corrected chi connectivity index (χ4v) is 5.03. The van der Waals surface area contributed by atoms with Crippen molar-refractivity contribution < 1.29 is 9.90 Å². The molecule has 7 heteroatoms. The zero-order chi connectivity index (χ0) is 22.4. The average Bonchev–Trinajstić information content (AvgIpc) is 3.25. The van der Waals surface area contributed by atoms with Crippen molar-refractivity contribution in [2.75, 3.05) is 0 Å². The van der Waals surface area contributed by atoms with Crippen molar-refractivity contribution in [3.05, 3.63) is 103 Å². The van der Waals surface area contributed by atoms with E-state index in [1.54, 1.807) is 10.6 Å². The monoisotopic (exact) mass is 503 g/mol. The number of hydrogen-bond donors (Lipinski definition) is 1. The van der Waals surface area contributed by atoms with Gasteiger partial charge >= 0.3 is 0 Å². The number of aromatic hydroxyl groups is 1. The lowest BCUT2D eigenvalue weighted by Crippen LogP contribution is -2.22. The highest BCUT2D eigenvalue weighted by Crippen LogP contribution is 2.31. The van der Waals surface area contributed by atoms with Gasteiger partial charge in [-0.3, -0.25) is 9.36 Å². The standard InChI is InChI=1S/C25H18BrN3O2S/c1-14-3-8-17(9-4-14)27-25-29(18-10-5-15(2)6-11-18)24(31)22(32-25)21-19-13-16(26)7-12-20(19)28-23(21)30/h3-13,31H,1-2H3. The first kappa shape index (κ1) is 20.6. The van der Waals surface area contributed by atoms with Crippen LogP contribution in [0.25, 0.3) is 11.3 Å². The fraction of sp³-hybridized carbons (Fsp3) is 0.0800. The molecule has 0 saturated heterocycles. The number of nitrogens with zero attached hydrogens (tertiary/aromatic N) is 3. The van der Waals surface area contributed by atoms with E-state index in [0.29, 0.717) is 25.8 Å². The summed E-state index contributed by atoms with van der Waals surface area (Å²) in [5.41, 5.74) is 4.16. The van der Waals surface area contributed by atoms with Gasteiger partial charge in [0.2, 0.25) is 5.88 Å². The normalized spacial score (nSPS) is 13.4. The summed E-state index contributed by atoms with van der Waals surface area (Å²) in [6, 6.07) is 21.1. The summed E-state index contributed by atoms with van der Waals surface area (Å²) in [5, 5.41) is 12.6. The Balaban J connectivity index is 1.82. The average molecular weight is 504 g/mol. The van der Waals surface area contributed by atoms with Crippen LogP contribution in [0.3, 0.4) is 0 Å². The minimum atomic E-state index is -0.368. The lowest BCUT2D eigenvalue weighted by molar-refractivity contribution is -0.112. The third kappa shape index (κ3) is 3.63. The molecule has 0 saturated carbocycles. The maximum absolute atomic E-state index is 12.8. The Hall–Kier alpha value is -3.29. The minimum absolute atomic E-state index is 0.0314. The molecule has 0 fully saturated rings. The minimum Gasteiger partial charge on any atom is -0.493 e. The highest BCUT2D eigenvalue weighted by Gasteiger charge is 2.26. The van der Waals surface area contributed by atoms with Crippen LogP contribution in [0.2, 0.25) is 0 Å². The van der Waals surface area contributed by atoms with E-state index in [1.807, 2.05) is 74.5 Å². The molecule has 5 rings (SSSR count). The molecular formula is C25H18BrN3O2S. The van der Waals surface area contributed by atoms with Gasteiger partial charge in [-0.2, -0.15) is 0 Å². The number of benzene rings is 3. The van der Waals surface area contributed by atoms with Gasteiger partial charge in [0.25, 0.3) is 5.91 Å². The van der Waals surface area contributed by atoms with E-state index < -0.39 is 0 Å². The van der Waals surface area contributed by atoms with Crippen molar-refractivity contribution in [1.29, 1.82) is 0 Å². The lowest BCUT2D eigenvalue weighted by Gasteiger charge is -2.06. The largest absolute Gasteiger partial charge is 0.493 e. The van der Waals surface area contributed by atoms with Crippen LogP contribution < -0.4 is 15.4 Å². The van der Waals surface area contributed by atoms with Crippen LogP contribution in [-0.2, 0) is 4.79 Å². The van der Waals surface area contributed by atoms with Crippen molar-refractivity contribution in [2.24, 2.45) is 9.98 Å². The quantitative estimate of drug-likeness (QED) is 0.454. The number of amides is 1. The second kappa shape index (κ2) is 8.00. The van der Waals surface area contributed by atoms with E-state index in [1.165, 1.54) is 11.3 Å². The van der Waals surface area contributed by atoms with Crippen LogP contribution in [0, 0.1) is 13.8 Å². The molecule has 3 aromatic carbocycles. The van der Waals surface area contributed by atoms with Gasteiger partial charge in [-0.1, -0.05) is 62.7 Å². The van der Waals surface area contributed by atoms with Crippen molar-refractivity contribution in [3.63, 3.8) is 0 Å². The van der Waals surface area contributed by atoms with Crippen molar-refractivity contribution in [1.82, 2.24) is 4.57 Å². The molecule has 0 atom stereocenters. The molecule has 1 amide bonds. The van der Waals surface area contributed by atoms with E-state index in [2.05, 4.69) is 20.9 Å². The first-order chi connectivity index (χ1) is 15.4. The molecule has 2 heterocycles. The summed E-state index contributed by atoms with van der Waals surface area (Å²) in [5.74, 6) is -0.399. The van der Waals surface area contributed by atoms with Crippen molar-refractivity contribution in [2.45, 2.75) is 13.8 Å². The number of carbonyl (C=O) groups excluding carboxylic acids is 1. The van der Waals surface area contributed by atoms with E-state index >= 15 is 0 Å². The van der Waals surface area contributed by atoms with Gasteiger partial charge in [-0.05, 0) is 56.3 Å². The Morgan fingerprint density at radius 2 is 1.62 bits per heavy atom. The Labute approximate surface area is 196 Å². The van der Waals surface area contributed by atoms with Crippen molar-refractivity contribution >= 4 is 44.4 Å². The third-order valence-electron chi connectivity index (χ3n) is 5.24. The highest BCUT2D eigenvalue weighted by molar-refractivity contribution is 9.10. The number of thiazole rings is 1. The van der Waals surface area contributed by atoms with Crippen LogP contribution in [0.4, 0.5) is 5.69 Å². The molecule has 0 radical (unpaired) electrons. The summed E-state index contributed by atoms with van der Waals surface area (Å²) in [7, 11) is 0. The lowest BCUT2D eigenvalue weighted by atomic mass is 10.1. The molecule has 1 aliphatic rings. The maximum Gasteiger partial charge on any atom is 0.279 e. The zero-order valence-corrected chi connectivity index (χ0v) is 19.7. The molecule has 1 aromatic heterocycles. The second-order valence-electron chi connectivity index (χ2n) is 7.61. The number of halogens is 1.